The zero-order chi connectivity index (χ0) is 13.5. The molecule has 3 N–H and O–H groups in total. The number of aryl methyl sites for hydroxylation is 1. The summed E-state index contributed by atoms with van der Waals surface area (Å²) < 4.78 is 6.48. The van der Waals surface area contributed by atoms with Gasteiger partial charge in [-0.15, -0.1) is 0 Å². The number of nitrogens with zero attached hydrogens (tertiary/aromatic N) is 2. The van der Waals surface area contributed by atoms with Crippen molar-refractivity contribution in [3.63, 3.8) is 0 Å². The molecule has 0 fully saturated rings. The Morgan fingerprint density at radius 2 is 2.33 bits per heavy atom. The number of carboxylic acid groups (broad SMARTS) is 1. The SMILES string of the molecule is COC(CNC(=O)Nc1ccn(C)n1)CC(=O)O. The molecule has 1 atom stereocenters. The number of rotatable bonds is 6. The molecule has 0 radical (unpaired) electrons. The molecule has 1 unspecified atom stereocenters. The third-order valence-electron chi connectivity index (χ3n) is 2.18. The molecule has 1 aromatic rings. The number of urea groups is 1. The molecular formula is C10H16N4O4. The quantitative estimate of drug-likeness (QED) is 0.666. The maximum Gasteiger partial charge on any atom is 0.320 e. The van der Waals surface area contributed by atoms with Crippen LogP contribution in [0.15, 0.2) is 12.3 Å². The lowest BCUT2D eigenvalue weighted by molar-refractivity contribution is -0.139. The van der Waals surface area contributed by atoms with Gasteiger partial charge in [-0.2, -0.15) is 5.10 Å². The van der Waals surface area contributed by atoms with E-state index in [0.29, 0.717) is 5.82 Å². The first kappa shape index (κ1) is 14.0. The van der Waals surface area contributed by atoms with Gasteiger partial charge in [0.25, 0.3) is 0 Å². The number of hydrogen-bond donors (Lipinski definition) is 3. The molecule has 0 aliphatic heterocycles. The van der Waals surface area contributed by atoms with E-state index in [1.165, 1.54) is 7.11 Å². The van der Waals surface area contributed by atoms with E-state index in [4.69, 9.17) is 9.84 Å². The standard InChI is InChI=1S/C10H16N4O4/c1-14-4-3-8(13-14)12-10(17)11-6-7(18-2)5-9(15)16/h3-4,7H,5-6H2,1-2H3,(H,15,16)(H2,11,12,13,17). The lowest BCUT2D eigenvalue weighted by atomic mass is 10.2. The largest absolute Gasteiger partial charge is 0.481 e. The molecule has 0 aromatic carbocycles. The van der Waals surface area contributed by atoms with E-state index in [2.05, 4.69) is 15.7 Å². The molecule has 0 aliphatic rings. The first-order valence-corrected chi connectivity index (χ1v) is 5.30. The second-order valence-electron chi connectivity index (χ2n) is 3.67. The summed E-state index contributed by atoms with van der Waals surface area (Å²) in [7, 11) is 3.13. The summed E-state index contributed by atoms with van der Waals surface area (Å²) >= 11 is 0. The van der Waals surface area contributed by atoms with Gasteiger partial charge >= 0.3 is 12.0 Å². The number of amides is 2. The second kappa shape index (κ2) is 6.60. The van der Waals surface area contributed by atoms with Crippen molar-refractivity contribution in [1.29, 1.82) is 0 Å². The molecule has 0 spiro atoms. The summed E-state index contributed by atoms with van der Waals surface area (Å²) in [6.07, 6.45) is 0.968. The molecule has 18 heavy (non-hydrogen) atoms. The molecule has 1 aromatic heterocycles. The van der Waals surface area contributed by atoms with E-state index in [1.807, 2.05) is 0 Å². The Kier molecular flexibility index (Phi) is 5.12. The van der Waals surface area contributed by atoms with Gasteiger partial charge in [0.05, 0.1) is 12.5 Å². The van der Waals surface area contributed by atoms with Gasteiger partial charge in [0.1, 0.15) is 0 Å². The zero-order valence-corrected chi connectivity index (χ0v) is 10.2. The van der Waals surface area contributed by atoms with E-state index in [-0.39, 0.29) is 13.0 Å². The Labute approximate surface area is 104 Å². The average molecular weight is 256 g/mol. The van der Waals surface area contributed by atoms with E-state index in [0.717, 1.165) is 0 Å². The van der Waals surface area contributed by atoms with Crippen molar-refractivity contribution in [2.45, 2.75) is 12.5 Å². The van der Waals surface area contributed by atoms with Gasteiger partial charge in [-0.05, 0) is 0 Å². The molecule has 0 aliphatic carbocycles. The number of ether oxygens (including phenoxy) is 1. The fraction of sp³-hybridized carbons (Fsp3) is 0.500. The smallest absolute Gasteiger partial charge is 0.320 e. The van der Waals surface area contributed by atoms with Crippen LogP contribution in [0.4, 0.5) is 10.6 Å². The minimum Gasteiger partial charge on any atom is -0.481 e. The van der Waals surface area contributed by atoms with Crippen LogP contribution in [0.5, 0.6) is 0 Å². The van der Waals surface area contributed by atoms with Crippen LogP contribution in [0, 0.1) is 0 Å². The number of carbonyl (C=O) groups excluding carboxylic acids is 1. The van der Waals surface area contributed by atoms with Gasteiger partial charge in [0.15, 0.2) is 5.82 Å². The highest BCUT2D eigenvalue weighted by molar-refractivity contribution is 5.88. The van der Waals surface area contributed by atoms with Gasteiger partial charge in [-0.1, -0.05) is 0 Å². The lowest BCUT2D eigenvalue weighted by Crippen LogP contribution is -2.37. The predicted molar refractivity (Wildman–Crippen MR) is 63.3 cm³/mol. The third kappa shape index (κ3) is 4.83. The van der Waals surface area contributed by atoms with Crippen LogP contribution >= 0.6 is 0 Å². The summed E-state index contributed by atoms with van der Waals surface area (Å²) in [5.41, 5.74) is 0. The Bertz CT molecular complexity index is 418. The molecule has 1 heterocycles. The maximum atomic E-state index is 11.5. The Morgan fingerprint density at radius 1 is 1.61 bits per heavy atom. The minimum absolute atomic E-state index is 0.113. The van der Waals surface area contributed by atoms with Crippen molar-refractivity contribution < 1.29 is 19.4 Å². The molecule has 0 bridgehead atoms. The van der Waals surface area contributed by atoms with Crippen LogP contribution in [0.25, 0.3) is 0 Å². The fourth-order valence-corrected chi connectivity index (χ4v) is 1.28. The average Bonchev–Trinajstić information content (AvgIpc) is 2.69. The summed E-state index contributed by atoms with van der Waals surface area (Å²) in [5.74, 6) is -0.559. The van der Waals surface area contributed by atoms with Crippen LogP contribution < -0.4 is 10.6 Å². The normalized spacial score (nSPS) is 11.9. The van der Waals surface area contributed by atoms with E-state index >= 15 is 0 Å². The topological polar surface area (TPSA) is 105 Å². The third-order valence-corrected chi connectivity index (χ3v) is 2.18. The molecule has 8 heteroatoms. The van der Waals surface area contributed by atoms with Crippen molar-refractivity contribution in [2.75, 3.05) is 19.0 Å². The molecule has 2 amide bonds. The van der Waals surface area contributed by atoms with E-state index < -0.39 is 18.1 Å². The number of carbonyl (C=O) groups is 2. The van der Waals surface area contributed by atoms with Crippen LogP contribution in [-0.4, -0.2) is 46.6 Å². The molecule has 100 valence electrons. The van der Waals surface area contributed by atoms with Crippen molar-refractivity contribution in [3.8, 4) is 0 Å². The summed E-state index contributed by atoms with van der Waals surface area (Å²) in [5, 5.41) is 17.6. The number of nitrogens with one attached hydrogen (secondary N) is 2. The predicted octanol–water partition coefficient (Wildman–Crippen LogP) is 0.0313. The van der Waals surface area contributed by atoms with Crippen molar-refractivity contribution in [1.82, 2.24) is 15.1 Å². The van der Waals surface area contributed by atoms with Crippen molar-refractivity contribution >= 4 is 17.8 Å². The molecular weight excluding hydrogens is 240 g/mol. The summed E-state index contributed by atoms with van der Waals surface area (Å²) in [6.45, 7) is 0.113. The highest BCUT2D eigenvalue weighted by Crippen LogP contribution is 2.00. The zero-order valence-electron chi connectivity index (χ0n) is 10.2. The highest BCUT2D eigenvalue weighted by atomic mass is 16.5. The van der Waals surface area contributed by atoms with Crippen LogP contribution in [-0.2, 0) is 16.6 Å². The molecule has 8 nitrogen and oxygen atoms in total. The van der Waals surface area contributed by atoms with E-state index in [1.54, 1.807) is 24.0 Å². The summed E-state index contributed by atoms with van der Waals surface area (Å²) in [4.78, 5) is 21.9. The minimum atomic E-state index is -0.978. The van der Waals surface area contributed by atoms with E-state index in [9.17, 15) is 9.59 Å². The van der Waals surface area contributed by atoms with Crippen molar-refractivity contribution in [3.05, 3.63) is 12.3 Å². The van der Waals surface area contributed by atoms with Gasteiger partial charge in [0.2, 0.25) is 0 Å². The van der Waals surface area contributed by atoms with Crippen LogP contribution in [0.3, 0.4) is 0 Å². The second-order valence-corrected chi connectivity index (χ2v) is 3.67. The maximum absolute atomic E-state index is 11.5. The number of methoxy groups -OCH3 is 1. The highest BCUT2D eigenvalue weighted by Gasteiger charge is 2.13. The first-order valence-electron chi connectivity index (χ1n) is 5.30. The molecule has 1 rings (SSSR count). The summed E-state index contributed by atoms with van der Waals surface area (Å²) in [6, 6.07) is 1.19. The Balaban J connectivity index is 2.33. The molecule has 0 saturated heterocycles. The van der Waals surface area contributed by atoms with Gasteiger partial charge in [-0.3, -0.25) is 14.8 Å². The number of carboxylic acids is 1. The van der Waals surface area contributed by atoms with Gasteiger partial charge < -0.3 is 15.2 Å². The van der Waals surface area contributed by atoms with Gasteiger partial charge in [-0.25, -0.2) is 4.79 Å². The Hall–Kier alpha value is -2.09. The fourth-order valence-electron chi connectivity index (χ4n) is 1.28. The Morgan fingerprint density at radius 3 is 2.83 bits per heavy atom. The number of hydrogen-bond acceptors (Lipinski definition) is 4. The molecule has 0 saturated carbocycles. The number of aliphatic carboxylic acids is 1. The van der Waals surface area contributed by atoms with Gasteiger partial charge in [0, 0.05) is 33.0 Å². The van der Waals surface area contributed by atoms with Crippen LogP contribution in [0.1, 0.15) is 6.42 Å². The van der Waals surface area contributed by atoms with Crippen LogP contribution in [0.2, 0.25) is 0 Å². The number of anilines is 1. The first-order chi connectivity index (χ1) is 8.51. The number of aromatic nitrogens is 2. The lowest BCUT2D eigenvalue weighted by Gasteiger charge is -2.13. The monoisotopic (exact) mass is 256 g/mol. The van der Waals surface area contributed by atoms with Crippen molar-refractivity contribution in [2.24, 2.45) is 7.05 Å².